The van der Waals surface area contributed by atoms with Crippen molar-refractivity contribution in [3.8, 4) is 0 Å². The number of imidazole rings is 1. The summed E-state index contributed by atoms with van der Waals surface area (Å²) in [5.41, 5.74) is 10.5. The lowest BCUT2D eigenvalue weighted by Crippen LogP contribution is -2.38. The van der Waals surface area contributed by atoms with E-state index in [-0.39, 0.29) is 18.0 Å². The van der Waals surface area contributed by atoms with Gasteiger partial charge in [-0.15, -0.1) is 0 Å². The lowest BCUT2D eigenvalue weighted by molar-refractivity contribution is 0.374. The highest BCUT2D eigenvalue weighted by Crippen LogP contribution is 2.12. The van der Waals surface area contributed by atoms with Gasteiger partial charge in [0.15, 0.2) is 17.1 Å². The standard InChI is InChI=1S/C14H23N9O2/c1-7(20(2)13(17)19-12(15)16)6-8-18-10-9(21(8)3)11(24)23(5)14(25)22(10)4/h7H,6H2,1-5H3,(H5,15,16,17,19). The number of aryl methyl sites for hydroxylation is 2. The Balaban J connectivity index is 2.45. The quantitative estimate of drug-likeness (QED) is 0.432. The third-order valence-electron chi connectivity index (χ3n) is 4.28. The fourth-order valence-electron chi connectivity index (χ4n) is 2.56. The molecule has 11 nitrogen and oxygen atoms in total. The van der Waals surface area contributed by atoms with Gasteiger partial charge < -0.3 is 20.9 Å². The van der Waals surface area contributed by atoms with E-state index in [0.717, 1.165) is 4.57 Å². The van der Waals surface area contributed by atoms with Crippen LogP contribution in [-0.2, 0) is 27.6 Å². The minimum absolute atomic E-state index is 0.0745. The molecule has 0 aliphatic heterocycles. The van der Waals surface area contributed by atoms with Crippen LogP contribution in [0.1, 0.15) is 12.7 Å². The lowest BCUT2D eigenvalue weighted by atomic mass is 10.2. The summed E-state index contributed by atoms with van der Waals surface area (Å²) in [5, 5.41) is 7.86. The first-order chi connectivity index (χ1) is 11.6. The van der Waals surface area contributed by atoms with Crippen molar-refractivity contribution in [2.24, 2.45) is 37.6 Å². The van der Waals surface area contributed by atoms with E-state index in [9.17, 15) is 9.59 Å². The van der Waals surface area contributed by atoms with Crippen molar-refractivity contribution in [2.75, 3.05) is 7.05 Å². The van der Waals surface area contributed by atoms with Crippen molar-refractivity contribution >= 4 is 23.1 Å². The summed E-state index contributed by atoms with van der Waals surface area (Å²) >= 11 is 0. The van der Waals surface area contributed by atoms with Crippen molar-refractivity contribution in [1.82, 2.24) is 23.6 Å². The molecule has 25 heavy (non-hydrogen) atoms. The molecule has 2 aromatic heterocycles. The number of fused-ring (bicyclic) bond motifs is 1. The SMILES string of the molecule is CC(Cc1nc2c(c(=O)n(C)c(=O)n2C)n1C)N(C)C(=N)N=C(N)N. The van der Waals surface area contributed by atoms with Gasteiger partial charge in [-0.3, -0.25) is 19.3 Å². The van der Waals surface area contributed by atoms with Gasteiger partial charge in [0.05, 0.1) is 0 Å². The first kappa shape index (κ1) is 18.2. The molecular weight excluding hydrogens is 326 g/mol. The van der Waals surface area contributed by atoms with Crippen LogP contribution in [0.25, 0.3) is 11.2 Å². The maximum absolute atomic E-state index is 12.4. The van der Waals surface area contributed by atoms with E-state index in [1.54, 1.807) is 30.6 Å². The number of hydrogen-bond acceptors (Lipinski definition) is 4. The molecule has 0 aliphatic rings. The van der Waals surface area contributed by atoms with Crippen LogP contribution in [0.15, 0.2) is 14.6 Å². The predicted octanol–water partition coefficient (Wildman–Crippen LogP) is -1.96. The number of hydrogen-bond donors (Lipinski definition) is 3. The summed E-state index contributed by atoms with van der Waals surface area (Å²) in [6.45, 7) is 1.88. The van der Waals surface area contributed by atoms with Gasteiger partial charge >= 0.3 is 5.69 Å². The Hall–Kier alpha value is -3.11. The summed E-state index contributed by atoms with van der Waals surface area (Å²) < 4.78 is 4.07. The molecule has 0 bridgehead atoms. The van der Waals surface area contributed by atoms with E-state index in [0.29, 0.717) is 23.4 Å². The second-order valence-corrected chi connectivity index (χ2v) is 5.99. The first-order valence-corrected chi connectivity index (χ1v) is 7.58. The number of rotatable bonds is 3. The van der Waals surface area contributed by atoms with Gasteiger partial charge in [0.1, 0.15) is 5.82 Å². The highest BCUT2D eigenvalue weighted by atomic mass is 16.2. The van der Waals surface area contributed by atoms with E-state index in [1.807, 2.05) is 6.92 Å². The third-order valence-corrected chi connectivity index (χ3v) is 4.28. The topological polar surface area (TPSA) is 153 Å². The van der Waals surface area contributed by atoms with Crippen LogP contribution in [-0.4, -0.2) is 48.6 Å². The van der Waals surface area contributed by atoms with Gasteiger partial charge in [0.25, 0.3) is 5.56 Å². The molecule has 1 atom stereocenters. The van der Waals surface area contributed by atoms with Crippen LogP contribution in [0.2, 0.25) is 0 Å². The normalized spacial score (nSPS) is 12.2. The number of guanidine groups is 2. The number of aliphatic imine (C=N–C) groups is 1. The number of nitrogens with zero attached hydrogens (tertiary/aromatic N) is 6. The average molecular weight is 349 g/mol. The molecule has 2 rings (SSSR count). The van der Waals surface area contributed by atoms with E-state index in [2.05, 4.69) is 9.98 Å². The fraction of sp³-hybridized carbons (Fsp3) is 0.500. The van der Waals surface area contributed by atoms with Gasteiger partial charge in [-0.05, 0) is 6.92 Å². The Morgan fingerprint density at radius 3 is 2.40 bits per heavy atom. The van der Waals surface area contributed by atoms with Gasteiger partial charge in [-0.1, -0.05) is 0 Å². The van der Waals surface area contributed by atoms with Crippen molar-refractivity contribution in [2.45, 2.75) is 19.4 Å². The molecule has 136 valence electrons. The zero-order valence-corrected chi connectivity index (χ0v) is 14.9. The molecule has 5 N–H and O–H groups in total. The molecule has 0 aromatic carbocycles. The van der Waals surface area contributed by atoms with Crippen LogP contribution in [0, 0.1) is 5.41 Å². The Morgan fingerprint density at radius 1 is 1.24 bits per heavy atom. The van der Waals surface area contributed by atoms with Crippen LogP contribution in [0.3, 0.4) is 0 Å². The second-order valence-electron chi connectivity index (χ2n) is 5.99. The van der Waals surface area contributed by atoms with Crippen molar-refractivity contribution in [3.63, 3.8) is 0 Å². The maximum Gasteiger partial charge on any atom is 0.332 e. The Labute approximate surface area is 143 Å². The molecule has 11 heteroatoms. The summed E-state index contributed by atoms with van der Waals surface area (Å²) in [4.78, 5) is 34.2. The Morgan fingerprint density at radius 2 is 1.84 bits per heavy atom. The van der Waals surface area contributed by atoms with Crippen molar-refractivity contribution in [3.05, 3.63) is 26.7 Å². The Kier molecular flexibility index (Phi) is 4.68. The van der Waals surface area contributed by atoms with Crippen molar-refractivity contribution < 1.29 is 0 Å². The molecule has 0 fully saturated rings. The molecule has 1 unspecified atom stereocenters. The number of nitrogens with two attached hydrogens (primary N) is 2. The molecule has 0 aliphatic carbocycles. The minimum atomic E-state index is -0.429. The van der Waals surface area contributed by atoms with Gasteiger partial charge in [0, 0.05) is 40.7 Å². The van der Waals surface area contributed by atoms with Crippen LogP contribution < -0.4 is 22.7 Å². The van der Waals surface area contributed by atoms with Crippen LogP contribution in [0.5, 0.6) is 0 Å². The predicted molar refractivity (Wildman–Crippen MR) is 95.7 cm³/mol. The molecule has 0 amide bonds. The summed E-state index contributed by atoms with van der Waals surface area (Å²) in [6.07, 6.45) is 0.432. The fourth-order valence-corrected chi connectivity index (χ4v) is 2.56. The second kappa shape index (κ2) is 6.42. The average Bonchev–Trinajstić information content (AvgIpc) is 2.86. The molecule has 2 heterocycles. The largest absolute Gasteiger partial charge is 0.370 e. The summed E-state index contributed by atoms with van der Waals surface area (Å²) in [5.74, 6) is 0.352. The van der Waals surface area contributed by atoms with E-state index < -0.39 is 11.2 Å². The van der Waals surface area contributed by atoms with E-state index in [4.69, 9.17) is 16.9 Å². The zero-order valence-electron chi connectivity index (χ0n) is 14.9. The van der Waals surface area contributed by atoms with Crippen molar-refractivity contribution in [1.29, 1.82) is 5.41 Å². The molecule has 0 spiro atoms. The Bertz CT molecular complexity index is 975. The zero-order chi connectivity index (χ0) is 19.0. The molecule has 0 saturated carbocycles. The maximum atomic E-state index is 12.4. The van der Waals surface area contributed by atoms with Crippen LogP contribution >= 0.6 is 0 Å². The monoisotopic (exact) mass is 349 g/mol. The highest BCUT2D eigenvalue weighted by molar-refractivity contribution is 5.91. The third kappa shape index (κ3) is 3.12. The number of likely N-dealkylation sites (N-methyl/N-ethyl adjacent to an activating group) is 1. The molecule has 0 radical (unpaired) electrons. The summed E-state index contributed by atoms with van der Waals surface area (Å²) in [6, 6.07) is -0.160. The van der Waals surface area contributed by atoms with Gasteiger partial charge in [-0.25, -0.2) is 9.78 Å². The summed E-state index contributed by atoms with van der Waals surface area (Å²) in [7, 11) is 6.43. The van der Waals surface area contributed by atoms with Crippen LogP contribution in [0.4, 0.5) is 0 Å². The number of nitrogens with one attached hydrogen (secondary N) is 1. The smallest absolute Gasteiger partial charge is 0.332 e. The lowest BCUT2D eigenvalue weighted by Gasteiger charge is -2.24. The number of aromatic nitrogens is 4. The van der Waals surface area contributed by atoms with Gasteiger partial charge in [-0.2, -0.15) is 4.99 Å². The molecule has 2 aromatic rings. The molecule has 0 saturated heterocycles. The molecular formula is C14H23N9O2. The van der Waals surface area contributed by atoms with Gasteiger partial charge in [0.2, 0.25) is 5.96 Å². The minimum Gasteiger partial charge on any atom is -0.370 e. The first-order valence-electron chi connectivity index (χ1n) is 7.58. The van der Waals surface area contributed by atoms with E-state index >= 15 is 0 Å². The highest BCUT2D eigenvalue weighted by Gasteiger charge is 2.20. The van der Waals surface area contributed by atoms with E-state index in [1.165, 1.54) is 11.6 Å².